The molecule has 0 bridgehead atoms. The largest absolute Gasteiger partial charge is 0.483 e. The zero-order valence-corrected chi connectivity index (χ0v) is 17.7. The standard InChI is InChI=1S/C23H22BrNO4/c1-14-6-11-17-18(12-14)23(28)25(22(17)27)19-4-2-3-5-21(19)29-13-20(26)15-7-9-16(24)10-8-15/h2-5,7-10,14,17-18H,6,11-13H2,1H3/t14-,17+,18+/m0/s1. The lowest BCUT2D eigenvalue weighted by molar-refractivity contribution is -0.122. The van der Waals surface area contributed by atoms with Crippen molar-refractivity contribution in [2.75, 3.05) is 11.5 Å². The first-order chi connectivity index (χ1) is 14.0. The lowest BCUT2D eigenvalue weighted by Crippen LogP contribution is -2.31. The molecule has 2 aromatic carbocycles. The minimum atomic E-state index is -0.247. The number of Topliss-reactive ketones (excluding diaryl/α,β-unsaturated/α-hetero) is 1. The summed E-state index contributed by atoms with van der Waals surface area (Å²) in [7, 11) is 0. The zero-order valence-electron chi connectivity index (χ0n) is 16.1. The number of carbonyl (C=O) groups is 3. The van der Waals surface area contributed by atoms with E-state index in [0.717, 1.165) is 23.7 Å². The molecule has 2 aliphatic rings. The van der Waals surface area contributed by atoms with Crippen LogP contribution in [0.3, 0.4) is 0 Å². The Labute approximate surface area is 178 Å². The molecule has 0 aromatic heterocycles. The van der Waals surface area contributed by atoms with Crippen LogP contribution in [0.15, 0.2) is 53.0 Å². The van der Waals surface area contributed by atoms with Crippen molar-refractivity contribution < 1.29 is 19.1 Å². The van der Waals surface area contributed by atoms with Gasteiger partial charge in [0.25, 0.3) is 0 Å². The molecule has 1 saturated heterocycles. The highest BCUT2D eigenvalue weighted by atomic mass is 79.9. The van der Waals surface area contributed by atoms with Crippen LogP contribution < -0.4 is 9.64 Å². The number of carbonyl (C=O) groups excluding carboxylic acids is 3. The number of amides is 2. The second-order valence-corrected chi connectivity index (χ2v) is 8.75. The van der Waals surface area contributed by atoms with Gasteiger partial charge in [0.15, 0.2) is 12.4 Å². The molecule has 5 nitrogen and oxygen atoms in total. The predicted molar refractivity (Wildman–Crippen MR) is 113 cm³/mol. The first kappa shape index (κ1) is 19.8. The highest BCUT2D eigenvalue weighted by Crippen LogP contribution is 2.44. The van der Waals surface area contributed by atoms with Gasteiger partial charge in [-0.1, -0.05) is 47.1 Å². The highest BCUT2D eigenvalue weighted by molar-refractivity contribution is 9.10. The van der Waals surface area contributed by atoms with Crippen molar-refractivity contribution in [1.29, 1.82) is 0 Å². The van der Waals surface area contributed by atoms with Gasteiger partial charge in [0.2, 0.25) is 11.8 Å². The van der Waals surface area contributed by atoms with Crippen LogP contribution in [-0.2, 0) is 9.59 Å². The van der Waals surface area contributed by atoms with E-state index in [1.54, 1.807) is 48.5 Å². The van der Waals surface area contributed by atoms with E-state index in [-0.39, 0.29) is 36.0 Å². The van der Waals surface area contributed by atoms with Crippen LogP contribution in [0.4, 0.5) is 5.69 Å². The van der Waals surface area contributed by atoms with Gasteiger partial charge in [-0.25, -0.2) is 4.90 Å². The molecule has 2 fully saturated rings. The van der Waals surface area contributed by atoms with E-state index in [2.05, 4.69) is 22.9 Å². The summed E-state index contributed by atoms with van der Waals surface area (Å²) < 4.78 is 6.65. The molecule has 4 rings (SSSR count). The quantitative estimate of drug-likeness (QED) is 0.486. The Balaban J connectivity index is 1.54. The second kappa shape index (κ2) is 8.11. The summed E-state index contributed by atoms with van der Waals surface area (Å²) in [6.07, 6.45) is 2.46. The highest BCUT2D eigenvalue weighted by Gasteiger charge is 2.50. The third-order valence-corrected chi connectivity index (χ3v) is 6.35. The van der Waals surface area contributed by atoms with Crippen LogP contribution in [0.25, 0.3) is 0 Å². The van der Waals surface area contributed by atoms with Gasteiger partial charge in [0.1, 0.15) is 5.75 Å². The Bertz CT molecular complexity index is 956. The van der Waals surface area contributed by atoms with Crippen molar-refractivity contribution in [1.82, 2.24) is 0 Å². The SMILES string of the molecule is C[C@H]1CC[C@H]2C(=O)N(c3ccccc3OCC(=O)c3ccc(Br)cc3)C(=O)[C@@H]2C1. The Morgan fingerprint density at radius 2 is 1.72 bits per heavy atom. The van der Waals surface area contributed by atoms with Gasteiger partial charge >= 0.3 is 0 Å². The van der Waals surface area contributed by atoms with E-state index < -0.39 is 0 Å². The van der Waals surface area contributed by atoms with E-state index in [9.17, 15) is 14.4 Å². The minimum absolute atomic E-state index is 0.151. The van der Waals surface area contributed by atoms with E-state index in [4.69, 9.17) is 4.74 Å². The molecule has 3 atom stereocenters. The molecule has 0 N–H and O–H groups in total. The van der Waals surface area contributed by atoms with Gasteiger partial charge < -0.3 is 4.74 Å². The predicted octanol–water partition coefficient (Wildman–Crippen LogP) is 4.64. The number of nitrogens with zero attached hydrogens (tertiary/aromatic N) is 1. The van der Waals surface area contributed by atoms with Gasteiger partial charge in [0, 0.05) is 10.0 Å². The first-order valence-corrected chi connectivity index (χ1v) is 10.6. The third kappa shape index (κ3) is 3.86. The Morgan fingerprint density at radius 3 is 2.48 bits per heavy atom. The van der Waals surface area contributed by atoms with Crippen molar-refractivity contribution in [2.45, 2.75) is 26.2 Å². The van der Waals surface area contributed by atoms with E-state index in [0.29, 0.717) is 22.9 Å². The topological polar surface area (TPSA) is 63.7 Å². The summed E-state index contributed by atoms with van der Waals surface area (Å²) in [4.78, 5) is 39.7. The monoisotopic (exact) mass is 455 g/mol. The molecule has 29 heavy (non-hydrogen) atoms. The summed E-state index contributed by atoms with van der Waals surface area (Å²) in [5, 5.41) is 0. The fraction of sp³-hybridized carbons (Fsp3) is 0.348. The number of benzene rings is 2. The molecule has 150 valence electrons. The maximum Gasteiger partial charge on any atom is 0.237 e. The molecule has 6 heteroatoms. The maximum absolute atomic E-state index is 13.0. The average molecular weight is 456 g/mol. The van der Waals surface area contributed by atoms with E-state index in [1.807, 2.05) is 0 Å². The molecular formula is C23H22BrNO4. The van der Waals surface area contributed by atoms with Gasteiger partial charge in [0.05, 0.1) is 17.5 Å². The Kier molecular flexibility index (Phi) is 5.54. The number of anilines is 1. The lowest BCUT2D eigenvalue weighted by Gasteiger charge is -2.25. The smallest absolute Gasteiger partial charge is 0.237 e. The van der Waals surface area contributed by atoms with Crippen LogP contribution in [-0.4, -0.2) is 24.2 Å². The van der Waals surface area contributed by atoms with Crippen molar-refractivity contribution in [3.8, 4) is 5.75 Å². The maximum atomic E-state index is 13.0. The van der Waals surface area contributed by atoms with Gasteiger partial charge in [-0.15, -0.1) is 0 Å². The number of rotatable bonds is 5. The summed E-state index contributed by atoms with van der Waals surface area (Å²) >= 11 is 3.35. The number of hydrogen-bond acceptors (Lipinski definition) is 4. The van der Waals surface area contributed by atoms with Crippen LogP contribution in [0.2, 0.25) is 0 Å². The third-order valence-electron chi connectivity index (χ3n) is 5.82. The van der Waals surface area contributed by atoms with Crippen molar-refractivity contribution in [2.24, 2.45) is 17.8 Å². The fourth-order valence-electron chi connectivity index (χ4n) is 4.25. The van der Waals surface area contributed by atoms with Crippen molar-refractivity contribution in [3.63, 3.8) is 0 Å². The molecule has 1 heterocycles. The molecule has 1 aliphatic carbocycles. The number of para-hydroxylation sites is 2. The number of ketones is 1. The Morgan fingerprint density at radius 1 is 1.03 bits per heavy atom. The molecule has 2 amide bonds. The number of halogens is 1. The van der Waals surface area contributed by atoms with Gasteiger partial charge in [-0.05, 0) is 49.4 Å². The molecule has 0 spiro atoms. The normalized spacial score (nSPS) is 23.8. The minimum Gasteiger partial charge on any atom is -0.483 e. The van der Waals surface area contributed by atoms with Gasteiger partial charge in [-0.3, -0.25) is 14.4 Å². The van der Waals surface area contributed by atoms with Crippen LogP contribution >= 0.6 is 15.9 Å². The number of ether oxygens (including phenoxy) is 1. The zero-order chi connectivity index (χ0) is 20.5. The lowest BCUT2D eigenvalue weighted by atomic mass is 9.76. The first-order valence-electron chi connectivity index (χ1n) is 9.84. The van der Waals surface area contributed by atoms with E-state index >= 15 is 0 Å². The molecule has 0 radical (unpaired) electrons. The number of fused-ring (bicyclic) bond motifs is 1. The summed E-state index contributed by atoms with van der Waals surface area (Å²) in [5.74, 6) is -0.146. The molecular weight excluding hydrogens is 434 g/mol. The van der Waals surface area contributed by atoms with Crippen LogP contribution in [0.1, 0.15) is 36.5 Å². The van der Waals surface area contributed by atoms with Crippen molar-refractivity contribution in [3.05, 3.63) is 58.6 Å². The molecule has 2 aromatic rings. The molecule has 1 aliphatic heterocycles. The Hall–Kier alpha value is -2.47. The van der Waals surface area contributed by atoms with Crippen LogP contribution in [0.5, 0.6) is 5.75 Å². The van der Waals surface area contributed by atoms with E-state index in [1.165, 1.54) is 4.90 Å². The van der Waals surface area contributed by atoms with Crippen molar-refractivity contribution >= 4 is 39.2 Å². The summed E-state index contributed by atoms with van der Waals surface area (Å²) in [5.41, 5.74) is 0.965. The van der Waals surface area contributed by atoms with Gasteiger partial charge in [-0.2, -0.15) is 0 Å². The number of imide groups is 1. The fourth-order valence-corrected chi connectivity index (χ4v) is 4.52. The second-order valence-electron chi connectivity index (χ2n) is 7.83. The number of hydrogen-bond donors (Lipinski definition) is 0. The van der Waals surface area contributed by atoms with Crippen LogP contribution in [0, 0.1) is 17.8 Å². The summed E-state index contributed by atoms with van der Waals surface area (Å²) in [6, 6.07) is 14.0. The molecule has 0 unspecified atom stereocenters. The molecule has 1 saturated carbocycles. The summed E-state index contributed by atoms with van der Waals surface area (Å²) in [6.45, 7) is 1.96. The average Bonchev–Trinajstić information content (AvgIpc) is 2.96.